The van der Waals surface area contributed by atoms with E-state index < -0.39 is 28.8 Å². The fourth-order valence-corrected chi connectivity index (χ4v) is 4.76. The molecule has 0 bridgehead atoms. The maximum atomic E-state index is 14.4. The molecule has 1 fully saturated rings. The van der Waals surface area contributed by atoms with E-state index in [1.54, 1.807) is 30.5 Å². The Balaban J connectivity index is 1.56. The molecule has 2 aromatic carbocycles. The molecule has 12 heteroatoms. The van der Waals surface area contributed by atoms with Crippen LogP contribution in [0.1, 0.15) is 22.5 Å². The number of hydrogen-bond acceptors (Lipinski definition) is 8. The minimum absolute atomic E-state index is 0.178. The van der Waals surface area contributed by atoms with Crippen LogP contribution in [0, 0.1) is 23.0 Å². The van der Waals surface area contributed by atoms with Gasteiger partial charge in [0.1, 0.15) is 11.4 Å². The minimum Gasteiger partial charge on any atom is -0.394 e. The van der Waals surface area contributed by atoms with Crippen molar-refractivity contribution in [1.29, 1.82) is 5.26 Å². The van der Waals surface area contributed by atoms with Gasteiger partial charge in [0.2, 0.25) is 0 Å². The SMILES string of the molecule is N#Cc1ccncc1-c1ccc(NC(=O)c2ccc(=O)n(-c3c(F)cccc3F)n2)c(N2C[C@@H](N)C[C@H]2CO)c1. The average Bonchev–Trinajstić information content (AvgIpc) is 3.34. The molecule has 0 aliphatic carbocycles. The Hall–Kier alpha value is -4.99. The van der Waals surface area contributed by atoms with Crippen LogP contribution in [0.5, 0.6) is 0 Å². The van der Waals surface area contributed by atoms with E-state index in [0.29, 0.717) is 45.7 Å². The van der Waals surface area contributed by atoms with Gasteiger partial charge >= 0.3 is 0 Å². The van der Waals surface area contributed by atoms with Gasteiger partial charge in [0, 0.05) is 36.6 Å². The monoisotopic (exact) mass is 543 g/mol. The largest absolute Gasteiger partial charge is 0.394 e. The first-order chi connectivity index (χ1) is 19.3. The van der Waals surface area contributed by atoms with Gasteiger partial charge in [-0.25, -0.2) is 8.78 Å². The zero-order chi connectivity index (χ0) is 28.4. The predicted octanol–water partition coefficient (Wildman–Crippen LogP) is 2.59. The number of hydrogen-bond donors (Lipinski definition) is 3. The number of nitrogens with zero attached hydrogens (tertiary/aromatic N) is 5. The van der Waals surface area contributed by atoms with Crippen LogP contribution in [-0.2, 0) is 0 Å². The molecule has 0 radical (unpaired) electrons. The number of aromatic nitrogens is 3. The molecule has 10 nitrogen and oxygen atoms in total. The van der Waals surface area contributed by atoms with Gasteiger partial charge in [-0.3, -0.25) is 14.6 Å². The van der Waals surface area contributed by atoms with Gasteiger partial charge in [0.05, 0.1) is 35.7 Å². The van der Waals surface area contributed by atoms with Crippen molar-refractivity contribution in [2.75, 3.05) is 23.4 Å². The average molecular weight is 544 g/mol. The predicted molar refractivity (Wildman–Crippen MR) is 143 cm³/mol. The number of anilines is 2. The lowest BCUT2D eigenvalue weighted by molar-refractivity contribution is 0.102. The van der Waals surface area contributed by atoms with E-state index in [4.69, 9.17) is 5.73 Å². The van der Waals surface area contributed by atoms with Gasteiger partial charge < -0.3 is 21.1 Å². The fraction of sp³-hybridized carbons (Fsp3) is 0.179. The highest BCUT2D eigenvalue weighted by molar-refractivity contribution is 6.05. The summed E-state index contributed by atoms with van der Waals surface area (Å²) in [5, 5.41) is 26.2. The molecule has 5 rings (SSSR count). The van der Waals surface area contributed by atoms with Crippen LogP contribution >= 0.6 is 0 Å². The number of nitriles is 1. The third kappa shape index (κ3) is 5.03. The number of carbonyl (C=O) groups is 1. The number of halogens is 2. The Morgan fingerprint density at radius 1 is 1.18 bits per heavy atom. The molecule has 3 heterocycles. The lowest BCUT2D eigenvalue weighted by Gasteiger charge is -2.28. The molecule has 4 N–H and O–H groups in total. The van der Waals surface area contributed by atoms with Crippen molar-refractivity contribution in [3.8, 4) is 22.9 Å². The second-order valence-electron chi connectivity index (χ2n) is 9.24. The highest BCUT2D eigenvalue weighted by Crippen LogP contribution is 2.36. The van der Waals surface area contributed by atoms with Crippen molar-refractivity contribution in [3.05, 3.63) is 100 Å². The Morgan fingerprint density at radius 3 is 2.67 bits per heavy atom. The van der Waals surface area contributed by atoms with Crippen molar-refractivity contribution >= 4 is 17.3 Å². The van der Waals surface area contributed by atoms with E-state index in [0.717, 1.165) is 30.3 Å². The first-order valence-corrected chi connectivity index (χ1v) is 12.3. The van der Waals surface area contributed by atoms with Crippen LogP contribution in [0.25, 0.3) is 16.8 Å². The maximum absolute atomic E-state index is 14.4. The summed E-state index contributed by atoms with van der Waals surface area (Å²) < 4.78 is 29.2. The minimum atomic E-state index is -1.02. The van der Waals surface area contributed by atoms with E-state index in [1.807, 2.05) is 4.90 Å². The molecule has 1 amide bonds. The third-order valence-electron chi connectivity index (χ3n) is 6.65. The first kappa shape index (κ1) is 26.6. The number of rotatable bonds is 6. The highest BCUT2D eigenvalue weighted by Gasteiger charge is 2.32. The summed E-state index contributed by atoms with van der Waals surface area (Å²) >= 11 is 0. The Labute approximate surface area is 226 Å². The van der Waals surface area contributed by atoms with Crippen LogP contribution in [0.3, 0.4) is 0 Å². The topological polar surface area (TPSA) is 150 Å². The van der Waals surface area contributed by atoms with Crippen LogP contribution < -0.4 is 21.5 Å². The van der Waals surface area contributed by atoms with Gasteiger partial charge in [-0.05, 0) is 48.4 Å². The number of nitrogens with two attached hydrogens (primary N) is 1. The van der Waals surface area contributed by atoms with E-state index in [1.165, 1.54) is 6.20 Å². The van der Waals surface area contributed by atoms with E-state index in [9.17, 15) is 28.7 Å². The molecule has 2 aromatic heterocycles. The third-order valence-corrected chi connectivity index (χ3v) is 6.65. The Morgan fingerprint density at radius 2 is 1.95 bits per heavy atom. The summed E-state index contributed by atoms with van der Waals surface area (Å²) in [5.74, 6) is -2.78. The molecular weight excluding hydrogens is 520 g/mol. The normalized spacial score (nSPS) is 16.5. The molecule has 0 spiro atoms. The van der Waals surface area contributed by atoms with Gasteiger partial charge in [-0.1, -0.05) is 12.1 Å². The van der Waals surface area contributed by atoms with Crippen LogP contribution in [0.4, 0.5) is 20.2 Å². The molecule has 0 unspecified atom stereocenters. The summed E-state index contributed by atoms with van der Waals surface area (Å²) in [4.78, 5) is 31.7. The van der Waals surface area contributed by atoms with Gasteiger partial charge in [0.15, 0.2) is 11.6 Å². The van der Waals surface area contributed by atoms with Crippen LogP contribution in [0.2, 0.25) is 0 Å². The summed E-state index contributed by atoms with van der Waals surface area (Å²) in [6.45, 7) is 0.216. The van der Waals surface area contributed by atoms with Crippen molar-refractivity contribution in [2.45, 2.75) is 18.5 Å². The van der Waals surface area contributed by atoms with Crippen LogP contribution in [-0.4, -0.2) is 51.0 Å². The summed E-state index contributed by atoms with van der Waals surface area (Å²) in [7, 11) is 0. The molecule has 1 aliphatic rings. The highest BCUT2D eigenvalue weighted by atomic mass is 19.1. The number of aliphatic hydroxyl groups is 1. The molecule has 1 saturated heterocycles. The number of carbonyl (C=O) groups excluding carboxylic acids is 1. The number of para-hydroxylation sites is 1. The standard InChI is InChI=1S/C28H23F2N7O3/c29-21-2-1-3-22(30)27(21)37-26(39)7-6-24(35-37)28(40)34-23-5-4-16(20-13-33-9-8-17(20)12-31)10-25(23)36-14-18(32)11-19(36)15-38/h1-10,13,18-19,38H,11,14-15,32H2,(H,34,40)/t18-,19-/m0/s1. The van der Waals surface area contributed by atoms with Crippen molar-refractivity contribution < 1.29 is 18.7 Å². The van der Waals surface area contributed by atoms with Crippen LogP contribution in [0.15, 0.2) is 71.8 Å². The molecular formula is C28H23F2N7O3. The van der Waals surface area contributed by atoms with Crippen molar-refractivity contribution in [2.24, 2.45) is 5.73 Å². The lowest BCUT2D eigenvalue weighted by Crippen LogP contribution is -2.34. The molecule has 2 atom stereocenters. The van der Waals surface area contributed by atoms with Crippen molar-refractivity contribution in [1.82, 2.24) is 14.8 Å². The first-order valence-electron chi connectivity index (χ1n) is 12.3. The van der Waals surface area contributed by atoms with E-state index >= 15 is 0 Å². The number of amides is 1. The Kier molecular flexibility index (Phi) is 7.33. The number of benzene rings is 2. The molecule has 40 heavy (non-hydrogen) atoms. The van der Waals surface area contributed by atoms with E-state index in [-0.39, 0.29) is 24.4 Å². The fourth-order valence-electron chi connectivity index (χ4n) is 4.76. The zero-order valence-corrected chi connectivity index (χ0v) is 21.0. The number of aliphatic hydroxyl groups excluding tert-OH is 1. The summed E-state index contributed by atoms with van der Waals surface area (Å²) in [5.41, 5.74) is 6.87. The maximum Gasteiger partial charge on any atom is 0.276 e. The van der Waals surface area contributed by atoms with Gasteiger partial charge in [-0.15, -0.1) is 0 Å². The van der Waals surface area contributed by atoms with Gasteiger partial charge in [-0.2, -0.15) is 15.0 Å². The number of pyridine rings is 1. The second-order valence-corrected chi connectivity index (χ2v) is 9.24. The molecule has 202 valence electrons. The zero-order valence-electron chi connectivity index (χ0n) is 21.0. The van der Waals surface area contributed by atoms with Crippen molar-refractivity contribution in [3.63, 3.8) is 0 Å². The van der Waals surface area contributed by atoms with E-state index in [2.05, 4.69) is 21.5 Å². The smallest absolute Gasteiger partial charge is 0.276 e. The quantitative estimate of drug-likeness (QED) is 0.336. The second kappa shape index (κ2) is 11.0. The summed E-state index contributed by atoms with van der Waals surface area (Å²) in [6, 6.07) is 13.5. The molecule has 0 saturated carbocycles. The summed E-state index contributed by atoms with van der Waals surface area (Å²) in [6.07, 6.45) is 3.59. The number of nitrogens with one attached hydrogen (secondary N) is 1. The lowest BCUT2D eigenvalue weighted by atomic mass is 10.0. The van der Waals surface area contributed by atoms with Gasteiger partial charge in [0.25, 0.3) is 11.5 Å². The molecule has 1 aliphatic heterocycles. The Bertz CT molecular complexity index is 1680. The molecule has 4 aromatic rings.